The minimum absolute atomic E-state index is 0.332. The summed E-state index contributed by atoms with van der Waals surface area (Å²) < 4.78 is 1.68. The van der Waals surface area contributed by atoms with Gasteiger partial charge in [-0.15, -0.1) is 0 Å². The van der Waals surface area contributed by atoms with Gasteiger partial charge in [0.15, 0.2) is 5.65 Å². The molecule has 0 bridgehead atoms. The summed E-state index contributed by atoms with van der Waals surface area (Å²) in [6.07, 6.45) is 4.72. The van der Waals surface area contributed by atoms with Crippen LogP contribution in [0.5, 0.6) is 0 Å². The molecule has 3 N–H and O–H groups in total. The van der Waals surface area contributed by atoms with E-state index in [2.05, 4.69) is 30.4 Å². The van der Waals surface area contributed by atoms with Gasteiger partial charge >= 0.3 is 0 Å². The van der Waals surface area contributed by atoms with Gasteiger partial charge in [0.05, 0.1) is 17.6 Å². The molecular weight excluding hydrogens is 348 g/mol. The van der Waals surface area contributed by atoms with Gasteiger partial charge in [0, 0.05) is 17.4 Å². The van der Waals surface area contributed by atoms with Gasteiger partial charge in [-0.3, -0.25) is 10.0 Å². The number of carbonyl (C=O) groups is 1. The van der Waals surface area contributed by atoms with Crippen molar-refractivity contribution in [3.8, 4) is 11.4 Å². The van der Waals surface area contributed by atoms with Crippen molar-refractivity contribution < 1.29 is 10.0 Å². The number of hydrogen-bond donors (Lipinski definition) is 3. The molecule has 0 saturated heterocycles. The first-order chi connectivity index (χ1) is 13.2. The highest BCUT2D eigenvalue weighted by atomic mass is 16.5. The van der Waals surface area contributed by atoms with Crippen LogP contribution in [-0.4, -0.2) is 40.7 Å². The van der Waals surface area contributed by atoms with Gasteiger partial charge < -0.3 is 5.32 Å². The van der Waals surface area contributed by atoms with Crippen molar-refractivity contribution >= 4 is 23.2 Å². The van der Waals surface area contributed by atoms with E-state index < -0.39 is 5.91 Å². The van der Waals surface area contributed by atoms with Crippen LogP contribution in [0.4, 0.5) is 11.6 Å². The van der Waals surface area contributed by atoms with Crippen LogP contribution in [0.1, 0.15) is 16.1 Å². The topological polar surface area (TPSA) is 130 Å². The number of fused-ring (bicyclic) bond motifs is 1. The fraction of sp³-hybridized carbons (Fsp3) is 0.0588. The lowest BCUT2D eigenvalue weighted by Gasteiger charge is -2.07. The average Bonchev–Trinajstić information content (AvgIpc) is 3.04. The van der Waals surface area contributed by atoms with E-state index in [-0.39, 0.29) is 0 Å². The number of aryl methyl sites for hydroxylation is 1. The molecule has 0 fully saturated rings. The molecule has 10 nitrogen and oxygen atoms in total. The fourth-order valence-electron chi connectivity index (χ4n) is 2.67. The minimum Gasteiger partial charge on any atom is -0.324 e. The number of nitrogens with one attached hydrogen (secondary N) is 2. The van der Waals surface area contributed by atoms with E-state index in [0.29, 0.717) is 28.5 Å². The third kappa shape index (κ3) is 3.16. The van der Waals surface area contributed by atoms with Crippen molar-refractivity contribution in [1.29, 1.82) is 0 Å². The van der Waals surface area contributed by atoms with Crippen LogP contribution in [0.25, 0.3) is 17.0 Å². The van der Waals surface area contributed by atoms with Crippen LogP contribution in [0.3, 0.4) is 0 Å². The van der Waals surface area contributed by atoms with Crippen molar-refractivity contribution in [2.24, 2.45) is 0 Å². The van der Waals surface area contributed by atoms with E-state index in [9.17, 15) is 4.79 Å². The summed E-state index contributed by atoms with van der Waals surface area (Å²) in [7, 11) is 0. The van der Waals surface area contributed by atoms with Crippen LogP contribution in [0.15, 0.2) is 49.1 Å². The SMILES string of the molecule is Cc1nc2cncnn2c1-c1ccnc(Nc2ccc(C(=O)NO)cc2)n1. The number of anilines is 2. The van der Waals surface area contributed by atoms with Gasteiger partial charge in [-0.1, -0.05) is 0 Å². The summed E-state index contributed by atoms with van der Waals surface area (Å²) in [6.45, 7) is 1.88. The second-order valence-corrected chi connectivity index (χ2v) is 5.63. The highest BCUT2D eigenvalue weighted by Gasteiger charge is 2.14. The Hall–Kier alpha value is -3.92. The Balaban J connectivity index is 1.65. The highest BCUT2D eigenvalue weighted by Crippen LogP contribution is 2.23. The largest absolute Gasteiger partial charge is 0.324 e. The molecule has 134 valence electrons. The summed E-state index contributed by atoms with van der Waals surface area (Å²) in [5, 5.41) is 16.0. The molecule has 3 heterocycles. The van der Waals surface area contributed by atoms with Crippen LogP contribution >= 0.6 is 0 Å². The van der Waals surface area contributed by atoms with Gasteiger partial charge in [0.25, 0.3) is 5.91 Å². The van der Waals surface area contributed by atoms with E-state index in [4.69, 9.17) is 5.21 Å². The molecule has 4 aromatic rings. The zero-order valence-electron chi connectivity index (χ0n) is 14.2. The molecule has 0 aliphatic rings. The number of benzene rings is 1. The number of amides is 1. The first-order valence-electron chi connectivity index (χ1n) is 7.96. The molecule has 10 heteroatoms. The Morgan fingerprint density at radius 2 is 1.96 bits per heavy atom. The fourth-order valence-corrected chi connectivity index (χ4v) is 2.67. The summed E-state index contributed by atoms with van der Waals surface area (Å²) in [5.41, 5.74) is 5.45. The van der Waals surface area contributed by atoms with E-state index in [1.807, 2.05) is 6.92 Å². The molecule has 0 radical (unpaired) electrons. The normalized spacial score (nSPS) is 10.7. The molecule has 4 rings (SSSR count). The number of aromatic nitrogens is 6. The van der Waals surface area contributed by atoms with Crippen molar-refractivity contribution in [2.45, 2.75) is 6.92 Å². The molecule has 1 amide bonds. The molecule has 0 aliphatic carbocycles. The quantitative estimate of drug-likeness (QED) is 0.370. The molecular formula is C17H14N8O2. The number of hydroxylamine groups is 1. The Morgan fingerprint density at radius 3 is 2.74 bits per heavy atom. The lowest BCUT2D eigenvalue weighted by atomic mass is 10.2. The highest BCUT2D eigenvalue weighted by molar-refractivity contribution is 5.93. The van der Waals surface area contributed by atoms with Gasteiger partial charge in [0.1, 0.15) is 12.0 Å². The van der Waals surface area contributed by atoms with Crippen molar-refractivity contribution in [3.63, 3.8) is 0 Å². The Labute approximate surface area is 152 Å². The van der Waals surface area contributed by atoms with Crippen LogP contribution in [0.2, 0.25) is 0 Å². The maximum absolute atomic E-state index is 11.4. The zero-order valence-corrected chi connectivity index (χ0v) is 14.2. The minimum atomic E-state index is -0.579. The van der Waals surface area contributed by atoms with Gasteiger partial charge in [0.2, 0.25) is 5.95 Å². The number of nitrogens with zero attached hydrogens (tertiary/aromatic N) is 6. The molecule has 27 heavy (non-hydrogen) atoms. The van der Waals surface area contributed by atoms with Crippen molar-refractivity contribution in [2.75, 3.05) is 5.32 Å². The molecule has 0 spiro atoms. The van der Waals surface area contributed by atoms with E-state index >= 15 is 0 Å². The van der Waals surface area contributed by atoms with Crippen molar-refractivity contribution in [3.05, 3.63) is 60.3 Å². The van der Waals surface area contributed by atoms with Crippen LogP contribution in [-0.2, 0) is 0 Å². The summed E-state index contributed by atoms with van der Waals surface area (Å²) >= 11 is 0. The second kappa shape index (κ2) is 6.77. The van der Waals surface area contributed by atoms with E-state index in [1.54, 1.807) is 52.7 Å². The molecule has 1 aromatic carbocycles. The Morgan fingerprint density at radius 1 is 1.15 bits per heavy atom. The summed E-state index contributed by atoms with van der Waals surface area (Å²) in [5.74, 6) is -0.194. The maximum atomic E-state index is 11.4. The van der Waals surface area contributed by atoms with Crippen molar-refractivity contribution in [1.82, 2.24) is 35.0 Å². The smallest absolute Gasteiger partial charge is 0.274 e. The third-order valence-electron chi connectivity index (χ3n) is 3.88. The zero-order chi connectivity index (χ0) is 18.8. The van der Waals surface area contributed by atoms with E-state index in [1.165, 1.54) is 6.33 Å². The van der Waals surface area contributed by atoms with E-state index in [0.717, 1.165) is 11.4 Å². The van der Waals surface area contributed by atoms with Gasteiger partial charge in [-0.05, 0) is 37.3 Å². The van der Waals surface area contributed by atoms with Gasteiger partial charge in [-0.2, -0.15) is 5.10 Å². The first-order valence-corrected chi connectivity index (χ1v) is 7.96. The monoisotopic (exact) mass is 362 g/mol. The first kappa shape index (κ1) is 16.5. The number of carbonyl (C=O) groups excluding carboxylic acids is 1. The molecule has 0 unspecified atom stereocenters. The lowest BCUT2D eigenvalue weighted by Crippen LogP contribution is -2.18. The maximum Gasteiger partial charge on any atom is 0.274 e. The predicted octanol–water partition coefficient (Wildman–Crippen LogP) is 1.75. The lowest BCUT2D eigenvalue weighted by molar-refractivity contribution is 0.0706. The summed E-state index contributed by atoms with van der Waals surface area (Å²) in [6, 6.07) is 8.30. The molecule has 0 atom stereocenters. The number of rotatable bonds is 4. The third-order valence-corrected chi connectivity index (χ3v) is 3.88. The second-order valence-electron chi connectivity index (χ2n) is 5.63. The molecule has 3 aromatic heterocycles. The standard InChI is InChI=1S/C17H14N8O2/c1-10-15(25-14(21-10)8-18-9-20-25)13-6-7-19-17(23-13)22-12-4-2-11(3-5-12)16(26)24-27/h2-9,27H,1H3,(H,24,26)(H,19,22,23). The van der Waals surface area contributed by atoms with Gasteiger partial charge in [-0.25, -0.2) is 29.9 Å². The number of imidazole rings is 1. The summed E-state index contributed by atoms with van der Waals surface area (Å²) in [4.78, 5) is 28.5. The predicted molar refractivity (Wildman–Crippen MR) is 95.5 cm³/mol. The number of hydrogen-bond acceptors (Lipinski definition) is 8. The van der Waals surface area contributed by atoms with Crippen LogP contribution < -0.4 is 10.8 Å². The molecule has 0 saturated carbocycles. The Bertz CT molecular complexity index is 1120. The average molecular weight is 362 g/mol. The van der Waals surface area contributed by atoms with Crippen LogP contribution in [0, 0.1) is 6.92 Å². The Kier molecular flexibility index (Phi) is 4.15. The molecule has 0 aliphatic heterocycles.